The summed E-state index contributed by atoms with van der Waals surface area (Å²) in [5.74, 6) is 0.559. The van der Waals surface area contributed by atoms with E-state index >= 15 is 0 Å². The lowest BCUT2D eigenvalue weighted by atomic mass is 10.1. The van der Waals surface area contributed by atoms with Gasteiger partial charge in [-0.2, -0.15) is 0 Å². The maximum absolute atomic E-state index is 10.8. The van der Waals surface area contributed by atoms with Crippen molar-refractivity contribution in [3.8, 4) is 0 Å². The maximum atomic E-state index is 10.8. The summed E-state index contributed by atoms with van der Waals surface area (Å²) < 4.78 is 0. The second-order valence-corrected chi connectivity index (χ2v) is 4.90. The Balaban J connectivity index is 1.90. The van der Waals surface area contributed by atoms with Crippen molar-refractivity contribution in [1.82, 2.24) is 4.98 Å². The molecular weight excluding hydrogens is 216 g/mol. The molecule has 17 heavy (non-hydrogen) atoms. The zero-order valence-corrected chi connectivity index (χ0v) is 10.0. The van der Waals surface area contributed by atoms with Gasteiger partial charge in [-0.15, -0.1) is 0 Å². The van der Waals surface area contributed by atoms with Gasteiger partial charge in [0.05, 0.1) is 0 Å². The number of nitrogens with one attached hydrogen (secondary N) is 1. The molecule has 1 aromatic heterocycles. The molecule has 0 bridgehead atoms. The lowest BCUT2D eigenvalue weighted by Gasteiger charge is -2.12. The van der Waals surface area contributed by atoms with Crippen LogP contribution < -0.4 is 5.32 Å². The zero-order chi connectivity index (χ0) is 12.3. The molecule has 0 aliphatic heterocycles. The van der Waals surface area contributed by atoms with Crippen molar-refractivity contribution in [3.05, 3.63) is 24.0 Å². The minimum Gasteiger partial charge on any atom is -0.477 e. The fourth-order valence-corrected chi connectivity index (χ4v) is 2.43. The summed E-state index contributed by atoms with van der Waals surface area (Å²) in [7, 11) is 0. The first-order chi connectivity index (χ1) is 8.15. The topological polar surface area (TPSA) is 62.2 Å². The first-order valence-electron chi connectivity index (χ1n) is 6.08. The van der Waals surface area contributed by atoms with Crippen LogP contribution in [0.4, 0.5) is 5.69 Å². The number of pyridine rings is 1. The van der Waals surface area contributed by atoms with Crippen LogP contribution >= 0.6 is 0 Å². The number of carboxylic acid groups (broad SMARTS) is 1. The Morgan fingerprint density at radius 2 is 2.41 bits per heavy atom. The van der Waals surface area contributed by atoms with Gasteiger partial charge in [-0.3, -0.25) is 0 Å². The summed E-state index contributed by atoms with van der Waals surface area (Å²) in [4.78, 5) is 14.6. The Labute approximate surface area is 101 Å². The largest absolute Gasteiger partial charge is 0.477 e. The number of carbonyl (C=O) groups is 1. The van der Waals surface area contributed by atoms with Crippen LogP contribution in [-0.4, -0.2) is 22.6 Å². The Bertz CT molecular complexity index is 406. The van der Waals surface area contributed by atoms with Gasteiger partial charge in [0, 0.05) is 18.4 Å². The van der Waals surface area contributed by atoms with E-state index in [2.05, 4.69) is 17.2 Å². The Morgan fingerprint density at radius 1 is 1.59 bits per heavy atom. The molecule has 1 fully saturated rings. The van der Waals surface area contributed by atoms with Crippen molar-refractivity contribution in [2.24, 2.45) is 11.8 Å². The third-order valence-corrected chi connectivity index (χ3v) is 3.38. The molecule has 2 rings (SSSR count). The third kappa shape index (κ3) is 3.19. The first-order valence-corrected chi connectivity index (χ1v) is 6.08. The highest BCUT2D eigenvalue weighted by Gasteiger charge is 2.20. The maximum Gasteiger partial charge on any atom is 0.354 e. The number of aromatic nitrogens is 1. The molecule has 0 spiro atoms. The predicted octanol–water partition coefficient (Wildman–Crippen LogP) is 2.63. The number of anilines is 1. The lowest BCUT2D eigenvalue weighted by molar-refractivity contribution is 0.0690. The molecule has 1 aliphatic rings. The minimum atomic E-state index is -0.983. The summed E-state index contributed by atoms with van der Waals surface area (Å²) in [6, 6.07) is 3.39. The molecule has 1 saturated carbocycles. The Morgan fingerprint density at radius 3 is 3.06 bits per heavy atom. The van der Waals surface area contributed by atoms with Crippen molar-refractivity contribution in [2.75, 3.05) is 11.9 Å². The lowest BCUT2D eigenvalue weighted by Crippen LogP contribution is -2.12. The molecule has 4 heteroatoms. The van der Waals surface area contributed by atoms with Gasteiger partial charge in [-0.05, 0) is 36.8 Å². The molecule has 4 nitrogen and oxygen atoms in total. The van der Waals surface area contributed by atoms with Gasteiger partial charge in [0.25, 0.3) is 0 Å². The molecule has 92 valence electrons. The highest BCUT2D eigenvalue weighted by molar-refractivity contribution is 5.86. The second-order valence-electron chi connectivity index (χ2n) is 4.90. The number of hydrogen-bond donors (Lipinski definition) is 2. The summed E-state index contributed by atoms with van der Waals surface area (Å²) in [6.07, 6.45) is 5.38. The van der Waals surface area contributed by atoms with E-state index in [-0.39, 0.29) is 5.69 Å². The molecule has 1 heterocycles. The van der Waals surface area contributed by atoms with E-state index < -0.39 is 5.97 Å². The van der Waals surface area contributed by atoms with E-state index in [1.807, 2.05) is 6.07 Å². The van der Waals surface area contributed by atoms with Gasteiger partial charge in [0.2, 0.25) is 0 Å². The molecule has 2 atom stereocenters. The molecule has 0 amide bonds. The van der Waals surface area contributed by atoms with Crippen molar-refractivity contribution in [1.29, 1.82) is 0 Å². The number of rotatable bonds is 4. The molecule has 0 radical (unpaired) electrons. The van der Waals surface area contributed by atoms with E-state index in [0.717, 1.165) is 18.2 Å². The molecule has 1 aliphatic carbocycles. The van der Waals surface area contributed by atoms with E-state index in [4.69, 9.17) is 5.11 Å². The van der Waals surface area contributed by atoms with Crippen LogP contribution in [0.25, 0.3) is 0 Å². The molecule has 0 aromatic carbocycles. The van der Waals surface area contributed by atoms with Crippen molar-refractivity contribution in [3.63, 3.8) is 0 Å². The van der Waals surface area contributed by atoms with Gasteiger partial charge in [-0.25, -0.2) is 9.78 Å². The molecule has 2 N–H and O–H groups in total. The predicted molar refractivity (Wildman–Crippen MR) is 66.2 cm³/mol. The van der Waals surface area contributed by atoms with Crippen LogP contribution in [0.15, 0.2) is 18.3 Å². The van der Waals surface area contributed by atoms with E-state index in [9.17, 15) is 4.79 Å². The molecule has 0 saturated heterocycles. The number of aromatic carboxylic acids is 1. The first kappa shape index (κ1) is 11.9. The van der Waals surface area contributed by atoms with Gasteiger partial charge >= 0.3 is 5.97 Å². The van der Waals surface area contributed by atoms with Crippen molar-refractivity contribution < 1.29 is 9.90 Å². The standard InChI is InChI=1S/C13H18N2O2/c1-9-2-3-10(6-9)8-15-11-4-5-14-12(7-11)13(16)17/h4-5,7,9-10H,2-3,6,8H2,1H3,(H,14,15)(H,16,17). The van der Waals surface area contributed by atoms with Crippen LogP contribution in [-0.2, 0) is 0 Å². The molecular formula is C13H18N2O2. The van der Waals surface area contributed by atoms with Crippen LogP contribution in [0.2, 0.25) is 0 Å². The molecule has 1 aromatic rings. The van der Waals surface area contributed by atoms with Gasteiger partial charge in [-0.1, -0.05) is 13.3 Å². The van der Waals surface area contributed by atoms with Gasteiger partial charge in [0.1, 0.15) is 5.69 Å². The summed E-state index contributed by atoms with van der Waals surface area (Å²) in [6.45, 7) is 3.21. The monoisotopic (exact) mass is 234 g/mol. The van der Waals surface area contributed by atoms with Gasteiger partial charge < -0.3 is 10.4 Å². The normalized spacial score (nSPS) is 23.6. The fraction of sp³-hybridized carbons (Fsp3) is 0.538. The van der Waals surface area contributed by atoms with Crippen LogP contribution in [0.3, 0.4) is 0 Å². The fourth-order valence-electron chi connectivity index (χ4n) is 2.43. The number of carboxylic acids is 1. The van der Waals surface area contributed by atoms with Crippen LogP contribution in [0.1, 0.15) is 36.7 Å². The van der Waals surface area contributed by atoms with E-state index in [1.54, 1.807) is 6.07 Å². The summed E-state index contributed by atoms with van der Waals surface area (Å²) in [5.41, 5.74) is 0.937. The highest BCUT2D eigenvalue weighted by atomic mass is 16.4. The van der Waals surface area contributed by atoms with Crippen molar-refractivity contribution >= 4 is 11.7 Å². The number of hydrogen-bond acceptors (Lipinski definition) is 3. The smallest absolute Gasteiger partial charge is 0.354 e. The average molecular weight is 234 g/mol. The minimum absolute atomic E-state index is 0.0924. The van der Waals surface area contributed by atoms with E-state index in [0.29, 0.717) is 5.92 Å². The van der Waals surface area contributed by atoms with Crippen molar-refractivity contribution in [2.45, 2.75) is 26.2 Å². The van der Waals surface area contributed by atoms with Crippen LogP contribution in [0.5, 0.6) is 0 Å². The number of nitrogens with zero attached hydrogens (tertiary/aromatic N) is 1. The zero-order valence-electron chi connectivity index (χ0n) is 10.0. The summed E-state index contributed by atoms with van der Waals surface area (Å²) >= 11 is 0. The Hall–Kier alpha value is -1.58. The average Bonchev–Trinajstić information content (AvgIpc) is 2.73. The third-order valence-electron chi connectivity index (χ3n) is 3.38. The molecule has 2 unspecified atom stereocenters. The SMILES string of the molecule is CC1CCC(CNc2ccnc(C(=O)O)c2)C1. The summed E-state index contributed by atoms with van der Waals surface area (Å²) in [5, 5.41) is 12.1. The second kappa shape index (κ2) is 5.17. The van der Waals surface area contributed by atoms with Crippen LogP contribution in [0, 0.1) is 11.8 Å². The highest BCUT2D eigenvalue weighted by Crippen LogP contribution is 2.30. The Kier molecular flexibility index (Phi) is 3.61. The quantitative estimate of drug-likeness (QED) is 0.840. The van der Waals surface area contributed by atoms with E-state index in [1.165, 1.54) is 25.5 Å². The van der Waals surface area contributed by atoms with Gasteiger partial charge in [0.15, 0.2) is 0 Å².